The van der Waals surface area contributed by atoms with E-state index in [4.69, 9.17) is 22.2 Å². The quantitative estimate of drug-likeness (QED) is 0.310. The smallest absolute Gasteiger partial charge is 0.265 e. The van der Waals surface area contributed by atoms with E-state index in [-0.39, 0.29) is 17.3 Å². The zero-order valence-corrected chi connectivity index (χ0v) is 15.3. The van der Waals surface area contributed by atoms with E-state index >= 15 is 0 Å². The van der Waals surface area contributed by atoms with Gasteiger partial charge in [-0.25, -0.2) is 0 Å². The Hall–Kier alpha value is -1.99. The SMILES string of the molecule is CN1C(=O)C(=Cc2ccc(OCC#N)c(I)c2)C(=O)N(C)C1=S. The molecular weight excluding hydrogens is 429 g/mol. The van der Waals surface area contributed by atoms with Crippen molar-refractivity contribution < 1.29 is 14.3 Å². The van der Waals surface area contributed by atoms with Crippen LogP contribution in [0.5, 0.6) is 5.75 Å². The van der Waals surface area contributed by atoms with Gasteiger partial charge in [-0.2, -0.15) is 5.26 Å². The van der Waals surface area contributed by atoms with Crippen LogP contribution in [0.3, 0.4) is 0 Å². The fraction of sp³-hybridized carbons (Fsp3) is 0.200. The Morgan fingerprint density at radius 3 is 2.43 bits per heavy atom. The molecule has 1 aliphatic heterocycles. The summed E-state index contributed by atoms with van der Waals surface area (Å²) in [7, 11) is 3.06. The van der Waals surface area contributed by atoms with Gasteiger partial charge in [-0.15, -0.1) is 0 Å². The second kappa shape index (κ2) is 7.06. The summed E-state index contributed by atoms with van der Waals surface area (Å²) in [5, 5.41) is 8.71. The van der Waals surface area contributed by atoms with Gasteiger partial charge in [-0.1, -0.05) is 6.07 Å². The number of nitrogens with zero attached hydrogens (tertiary/aromatic N) is 3. The highest BCUT2D eigenvalue weighted by Crippen LogP contribution is 2.24. The fourth-order valence-electron chi connectivity index (χ4n) is 1.98. The molecule has 23 heavy (non-hydrogen) atoms. The number of halogens is 1. The van der Waals surface area contributed by atoms with Gasteiger partial charge in [0, 0.05) is 14.1 Å². The summed E-state index contributed by atoms with van der Waals surface area (Å²) in [6, 6.07) is 7.08. The zero-order chi connectivity index (χ0) is 17.1. The van der Waals surface area contributed by atoms with Gasteiger partial charge in [0.2, 0.25) is 0 Å². The number of nitriles is 1. The predicted octanol–water partition coefficient (Wildman–Crippen LogP) is 1.79. The van der Waals surface area contributed by atoms with Crippen molar-refractivity contribution in [3.8, 4) is 11.8 Å². The van der Waals surface area contributed by atoms with Crippen molar-refractivity contribution in [2.45, 2.75) is 0 Å². The lowest BCUT2D eigenvalue weighted by atomic mass is 10.1. The molecule has 0 radical (unpaired) electrons. The summed E-state index contributed by atoms with van der Waals surface area (Å²) >= 11 is 7.11. The largest absolute Gasteiger partial charge is 0.478 e. The molecule has 0 atom stereocenters. The Kier molecular flexibility index (Phi) is 5.33. The van der Waals surface area contributed by atoms with E-state index in [0.717, 1.165) is 3.57 Å². The molecule has 0 unspecified atom stereocenters. The van der Waals surface area contributed by atoms with E-state index in [9.17, 15) is 9.59 Å². The number of hydrogen-bond donors (Lipinski definition) is 0. The Morgan fingerprint density at radius 2 is 1.91 bits per heavy atom. The van der Waals surface area contributed by atoms with Crippen LogP contribution >= 0.6 is 34.8 Å². The number of ether oxygens (including phenoxy) is 1. The molecule has 0 N–H and O–H groups in total. The van der Waals surface area contributed by atoms with Crippen LogP contribution in [0.4, 0.5) is 0 Å². The summed E-state index contributed by atoms with van der Waals surface area (Å²) in [4.78, 5) is 27.0. The van der Waals surface area contributed by atoms with Gasteiger partial charge in [0.1, 0.15) is 17.4 Å². The third kappa shape index (κ3) is 3.51. The minimum absolute atomic E-state index is 0.0412. The van der Waals surface area contributed by atoms with E-state index < -0.39 is 11.8 Å². The Morgan fingerprint density at radius 1 is 1.30 bits per heavy atom. The highest BCUT2D eigenvalue weighted by atomic mass is 127. The molecule has 118 valence electrons. The first kappa shape index (κ1) is 17.4. The average molecular weight is 441 g/mol. The number of rotatable bonds is 3. The van der Waals surface area contributed by atoms with Crippen molar-refractivity contribution in [2.24, 2.45) is 0 Å². The second-order valence-corrected chi connectivity index (χ2v) is 6.23. The molecule has 0 aliphatic carbocycles. The van der Waals surface area contributed by atoms with Crippen LogP contribution in [-0.4, -0.2) is 47.4 Å². The first-order valence-electron chi connectivity index (χ1n) is 6.48. The average Bonchev–Trinajstić information content (AvgIpc) is 2.54. The van der Waals surface area contributed by atoms with Crippen molar-refractivity contribution in [3.63, 3.8) is 0 Å². The van der Waals surface area contributed by atoms with E-state index in [1.807, 2.05) is 6.07 Å². The standard InChI is InChI=1S/C15H12IN3O3S/c1-18-13(20)10(14(21)19(2)15(18)23)7-9-3-4-12(11(16)8-9)22-6-5-17/h3-4,7-8H,6H2,1-2H3. The van der Waals surface area contributed by atoms with Crippen molar-refractivity contribution in [3.05, 3.63) is 32.9 Å². The number of hydrogen-bond acceptors (Lipinski definition) is 5. The normalized spacial score (nSPS) is 14.9. The molecule has 0 bridgehead atoms. The molecule has 1 heterocycles. The maximum absolute atomic E-state index is 12.2. The van der Waals surface area contributed by atoms with Crippen molar-refractivity contribution in [1.82, 2.24) is 9.80 Å². The van der Waals surface area contributed by atoms with Crippen LogP contribution in [0.25, 0.3) is 6.08 Å². The van der Waals surface area contributed by atoms with Gasteiger partial charge >= 0.3 is 0 Å². The topological polar surface area (TPSA) is 73.6 Å². The lowest BCUT2D eigenvalue weighted by Crippen LogP contribution is -2.52. The van der Waals surface area contributed by atoms with Gasteiger partial charge in [0.25, 0.3) is 11.8 Å². The summed E-state index contributed by atoms with van der Waals surface area (Å²) in [6.07, 6.45) is 1.52. The van der Waals surface area contributed by atoms with Crippen LogP contribution in [-0.2, 0) is 9.59 Å². The van der Waals surface area contributed by atoms with Gasteiger partial charge in [-0.05, 0) is 58.6 Å². The van der Waals surface area contributed by atoms with E-state index in [1.165, 1.54) is 30.0 Å². The Balaban J connectivity index is 2.35. The van der Waals surface area contributed by atoms with E-state index in [2.05, 4.69) is 22.6 Å². The number of carbonyl (C=O) groups excluding carboxylic acids is 2. The molecule has 1 aliphatic rings. The first-order chi connectivity index (χ1) is 10.9. The molecule has 2 amide bonds. The minimum Gasteiger partial charge on any atom is -0.478 e. The predicted molar refractivity (Wildman–Crippen MR) is 96.4 cm³/mol. The van der Waals surface area contributed by atoms with E-state index in [0.29, 0.717) is 11.3 Å². The summed E-state index contributed by atoms with van der Waals surface area (Å²) in [6.45, 7) is -0.0412. The molecular formula is C15H12IN3O3S. The molecule has 6 nitrogen and oxygen atoms in total. The van der Waals surface area contributed by atoms with Crippen LogP contribution < -0.4 is 4.74 Å². The fourth-order valence-corrected chi connectivity index (χ4v) is 2.84. The van der Waals surface area contributed by atoms with Crippen LogP contribution in [0, 0.1) is 14.9 Å². The first-order valence-corrected chi connectivity index (χ1v) is 7.96. The van der Waals surface area contributed by atoms with Gasteiger partial charge < -0.3 is 4.74 Å². The number of carbonyl (C=O) groups is 2. The summed E-state index contributed by atoms with van der Waals surface area (Å²) in [5.41, 5.74) is 0.732. The Labute approximate surface area is 152 Å². The molecule has 1 aromatic carbocycles. The maximum Gasteiger partial charge on any atom is 0.265 e. The molecule has 0 spiro atoms. The molecule has 1 aromatic rings. The van der Waals surface area contributed by atoms with Crippen LogP contribution in [0.15, 0.2) is 23.8 Å². The van der Waals surface area contributed by atoms with E-state index in [1.54, 1.807) is 18.2 Å². The number of amides is 2. The number of thiocarbonyl (C=S) groups is 1. The highest BCUT2D eigenvalue weighted by molar-refractivity contribution is 14.1. The lowest BCUT2D eigenvalue weighted by molar-refractivity contribution is -0.132. The molecule has 0 saturated carbocycles. The summed E-state index contributed by atoms with van der Waals surface area (Å²) < 4.78 is 6.04. The van der Waals surface area contributed by atoms with Crippen molar-refractivity contribution in [2.75, 3.05) is 20.7 Å². The van der Waals surface area contributed by atoms with Crippen LogP contribution in [0.2, 0.25) is 0 Å². The molecule has 1 fully saturated rings. The molecule has 2 rings (SSSR count). The van der Waals surface area contributed by atoms with Crippen LogP contribution in [0.1, 0.15) is 5.56 Å². The summed E-state index contributed by atoms with van der Waals surface area (Å²) in [5.74, 6) is -0.290. The van der Waals surface area contributed by atoms with Crippen molar-refractivity contribution >= 4 is 57.8 Å². The zero-order valence-electron chi connectivity index (χ0n) is 12.4. The minimum atomic E-state index is -0.432. The second-order valence-electron chi connectivity index (χ2n) is 4.71. The highest BCUT2D eigenvalue weighted by Gasteiger charge is 2.35. The third-order valence-corrected chi connectivity index (χ3v) is 4.59. The van der Waals surface area contributed by atoms with Gasteiger partial charge in [0.05, 0.1) is 3.57 Å². The Bertz CT molecular complexity index is 744. The maximum atomic E-state index is 12.2. The third-order valence-electron chi connectivity index (χ3n) is 3.20. The molecule has 8 heteroatoms. The number of likely N-dealkylation sites (N-methyl/N-ethyl adjacent to an activating group) is 2. The van der Waals surface area contributed by atoms with Crippen molar-refractivity contribution in [1.29, 1.82) is 5.26 Å². The lowest BCUT2D eigenvalue weighted by Gasteiger charge is -2.31. The molecule has 0 aromatic heterocycles. The van der Waals surface area contributed by atoms with Gasteiger partial charge in [0.15, 0.2) is 11.7 Å². The molecule has 1 saturated heterocycles. The van der Waals surface area contributed by atoms with Gasteiger partial charge in [-0.3, -0.25) is 19.4 Å². The monoisotopic (exact) mass is 441 g/mol. The number of benzene rings is 1.